The monoisotopic (exact) mass is 1190 g/mol. The van der Waals surface area contributed by atoms with E-state index in [1.54, 1.807) is 125 Å². The molecular formula is C66H68CaF2N4O12. The summed E-state index contributed by atoms with van der Waals surface area (Å²) >= 11 is 0. The van der Waals surface area contributed by atoms with Gasteiger partial charge in [0.1, 0.15) is 11.6 Å². The number of rotatable bonds is 24. The predicted octanol–water partition coefficient (Wildman–Crippen LogP) is 6.54. The third kappa shape index (κ3) is 15.4. The minimum absolute atomic E-state index is 0. The largest absolute Gasteiger partial charge is 2.00 e. The number of nitrogens with zero attached hydrogens (tertiary/aromatic N) is 2. The Kier molecular flexibility index (Phi) is 23.6. The summed E-state index contributed by atoms with van der Waals surface area (Å²) in [5.41, 5.74) is 1.64. The van der Waals surface area contributed by atoms with Gasteiger partial charge < -0.3 is 60.7 Å². The SMILES string of the molecule is CC(C)C1(C(=O)Nc2ccccc2)C(=O)N(CC[C@@H](O)C[C@@H](O)CC(=O)[O-])C(c2ccc(F)cc2)=C1c1ccccc1.CC(C)C1(C(=O)Nc2ccccc2)C(=O)N(CC[C@@H](O)C[C@@H](O)CC(=O)[O-])C(c2ccc(F)cc2)=C1c1ccccc1.[Ca+2]. The van der Waals surface area contributed by atoms with E-state index >= 15 is 0 Å². The van der Waals surface area contributed by atoms with Crippen molar-refractivity contribution in [2.24, 2.45) is 22.7 Å². The second-order valence-corrected chi connectivity index (χ2v) is 21.5. The van der Waals surface area contributed by atoms with E-state index < -0.39 is 107 Å². The van der Waals surface area contributed by atoms with E-state index in [1.807, 2.05) is 48.5 Å². The van der Waals surface area contributed by atoms with E-state index in [2.05, 4.69) is 10.6 Å². The van der Waals surface area contributed by atoms with Gasteiger partial charge in [0.25, 0.3) is 0 Å². The molecule has 6 N–H and O–H groups in total. The zero-order valence-electron chi connectivity index (χ0n) is 47.7. The summed E-state index contributed by atoms with van der Waals surface area (Å²) in [6, 6.07) is 47.0. The standard InChI is InChI=1S/2C33H35FN2O6.Ca/c2*1-21(2)33(31(41)35-25-11-7-4-8-12-25)29(22-9-5-3-6-10-22)30(23-13-15-24(34)16-14-23)36(32(33)42)18-17-26(37)19-27(38)20-28(39)40;/h2*3-16,21,26-27,37-38H,17-20H2,1-2H3,(H,35,41)(H,39,40);/q;;+2/p-2/t2*26-,27-,33?;/m11./s1. The van der Waals surface area contributed by atoms with Crippen LogP contribution in [0.25, 0.3) is 22.5 Å². The van der Waals surface area contributed by atoms with Gasteiger partial charge in [0.05, 0.1) is 35.8 Å². The van der Waals surface area contributed by atoms with Crippen LogP contribution in [0.15, 0.2) is 170 Å². The Morgan fingerprint density at radius 2 is 0.753 bits per heavy atom. The molecule has 8 rings (SSSR count). The number of aliphatic hydroxyl groups is 4. The molecular weight excluding hydrogens is 1120 g/mol. The summed E-state index contributed by atoms with van der Waals surface area (Å²) in [5, 5.41) is 68.8. The van der Waals surface area contributed by atoms with Gasteiger partial charge in [-0.3, -0.25) is 19.2 Å². The Labute approximate surface area is 522 Å². The number of carboxylic acids is 2. The maximum atomic E-state index is 14.6. The van der Waals surface area contributed by atoms with Crippen LogP contribution in [0.5, 0.6) is 0 Å². The second kappa shape index (κ2) is 30.1. The summed E-state index contributed by atoms with van der Waals surface area (Å²) in [6.07, 6.45) is -6.70. The van der Waals surface area contributed by atoms with Gasteiger partial charge in [-0.1, -0.05) is 125 Å². The quantitative estimate of drug-likeness (QED) is 0.0279. The van der Waals surface area contributed by atoms with E-state index in [1.165, 1.54) is 34.1 Å². The molecule has 0 bridgehead atoms. The molecule has 16 nitrogen and oxygen atoms in total. The third-order valence-corrected chi connectivity index (χ3v) is 15.1. The number of halogens is 2. The average Bonchev–Trinajstić information content (AvgIpc) is 1.66. The van der Waals surface area contributed by atoms with Gasteiger partial charge in [-0.2, -0.15) is 0 Å². The number of benzene rings is 6. The van der Waals surface area contributed by atoms with Crippen LogP contribution >= 0.6 is 0 Å². The first-order valence-corrected chi connectivity index (χ1v) is 27.7. The predicted molar refractivity (Wildman–Crippen MR) is 315 cm³/mol. The molecule has 19 heteroatoms. The number of nitrogens with one attached hydrogen (secondary N) is 2. The fourth-order valence-corrected chi connectivity index (χ4v) is 11.2. The van der Waals surface area contributed by atoms with E-state index in [9.17, 15) is 68.2 Å². The molecule has 0 radical (unpaired) electrons. The van der Waals surface area contributed by atoms with Gasteiger partial charge in [-0.15, -0.1) is 0 Å². The van der Waals surface area contributed by atoms with Crippen molar-refractivity contribution in [3.63, 3.8) is 0 Å². The maximum absolute atomic E-state index is 14.6. The normalized spacial score (nSPS) is 18.1. The van der Waals surface area contributed by atoms with Gasteiger partial charge in [0.15, 0.2) is 10.8 Å². The molecule has 85 heavy (non-hydrogen) atoms. The molecule has 0 fully saturated rings. The topological polar surface area (TPSA) is 260 Å². The molecule has 2 aliphatic rings. The summed E-state index contributed by atoms with van der Waals surface area (Å²) in [6.45, 7) is 7.08. The first kappa shape index (κ1) is 66.7. The maximum Gasteiger partial charge on any atom is 2.00 e. The molecule has 0 saturated carbocycles. The molecule has 4 amide bonds. The average molecular weight is 1190 g/mol. The molecule has 0 aliphatic carbocycles. The first-order chi connectivity index (χ1) is 40.1. The van der Waals surface area contributed by atoms with Crippen molar-refractivity contribution in [2.75, 3.05) is 23.7 Å². The summed E-state index contributed by atoms with van der Waals surface area (Å²) in [5.74, 6) is -6.94. The van der Waals surface area contributed by atoms with Crippen molar-refractivity contribution in [2.45, 2.75) is 90.6 Å². The Morgan fingerprint density at radius 1 is 0.459 bits per heavy atom. The molecule has 0 saturated heterocycles. The Balaban J connectivity index is 0.000000269. The molecule has 0 aromatic heterocycles. The number of anilines is 2. The van der Waals surface area contributed by atoms with E-state index in [0.29, 0.717) is 56.2 Å². The van der Waals surface area contributed by atoms with E-state index in [0.717, 1.165) is 0 Å². The molecule has 6 aromatic carbocycles. The van der Waals surface area contributed by atoms with Crippen molar-refractivity contribution >= 4 is 107 Å². The van der Waals surface area contributed by atoms with Gasteiger partial charge in [-0.05, 0) is 133 Å². The van der Waals surface area contributed by atoms with Crippen LogP contribution in [-0.4, -0.2) is 141 Å². The zero-order chi connectivity index (χ0) is 60.9. The fourth-order valence-electron chi connectivity index (χ4n) is 11.2. The van der Waals surface area contributed by atoms with Crippen LogP contribution in [-0.2, 0) is 28.8 Å². The van der Waals surface area contributed by atoms with Crippen LogP contribution < -0.4 is 20.8 Å². The van der Waals surface area contributed by atoms with Crippen LogP contribution in [0, 0.1) is 34.3 Å². The summed E-state index contributed by atoms with van der Waals surface area (Å²) in [4.78, 5) is 82.5. The van der Waals surface area contributed by atoms with E-state index in [-0.39, 0.29) is 76.5 Å². The van der Waals surface area contributed by atoms with Crippen LogP contribution in [0.1, 0.15) is 88.5 Å². The van der Waals surface area contributed by atoms with Crippen molar-refractivity contribution in [1.82, 2.24) is 9.80 Å². The number of carbonyl (C=O) groups excluding carboxylic acids is 6. The number of carbonyl (C=O) groups is 6. The van der Waals surface area contributed by atoms with Gasteiger partial charge in [-0.25, -0.2) is 8.78 Å². The number of para-hydroxylation sites is 2. The van der Waals surface area contributed by atoms with Gasteiger partial charge >= 0.3 is 37.7 Å². The van der Waals surface area contributed by atoms with Gasteiger partial charge in [0, 0.05) is 60.4 Å². The minimum Gasteiger partial charge on any atom is -0.550 e. The molecule has 440 valence electrons. The van der Waals surface area contributed by atoms with E-state index in [4.69, 9.17) is 0 Å². The number of hydrogen-bond acceptors (Lipinski definition) is 12. The Hall–Kier alpha value is -7.42. The summed E-state index contributed by atoms with van der Waals surface area (Å²) < 4.78 is 28.0. The van der Waals surface area contributed by atoms with Crippen molar-refractivity contribution < 1.29 is 68.2 Å². The molecule has 2 aliphatic heterocycles. The zero-order valence-corrected chi connectivity index (χ0v) is 49.9. The minimum atomic E-state index is -1.69. The van der Waals surface area contributed by atoms with Crippen molar-refractivity contribution in [1.29, 1.82) is 0 Å². The Bertz CT molecular complexity index is 3120. The molecule has 6 atom stereocenters. The number of aliphatic hydroxyl groups excluding tert-OH is 4. The number of carboxylic acid groups (broad SMARTS) is 2. The fraction of sp³-hybridized carbons (Fsp3) is 0.303. The number of amides is 4. The van der Waals surface area contributed by atoms with Crippen molar-refractivity contribution in [3.05, 3.63) is 204 Å². The second-order valence-electron chi connectivity index (χ2n) is 21.5. The molecule has 0 spiro atoms. The van der Waals surface area contributed by atoms with Crippen LogP contribution in [0.2, 0.25) is 0 Å². The number of hydrogen-bond donors (Lipinski definition) is 6. The molecule has 2 unspecified atom stereocenters. The van der Waals surface area contributed by atoms with Crippen LogP contribution in [0.4, 0.5) is 20.2 Å². The van der Waals surface area contributed by atoms with Crippen LogP contribution in [0.3, 0.4) is 0 Å². The Morgan fingerprint density at radius 3 is 1.04 bits per heavy atom. The third-order valence-electron chi connectivity index (χ3n) is 15.1. The molecule has 2 heterocycles. The van der Waals surface area contributed by atoms with Gasteiger partial charge in [0.2, 0.25) is 23.6 Å². The first-order valence-electron chi connectivity index (χ1n) is 27.7. The summed E-state index contributed by atoms with van der Waals surface area (Å²) in [7, 11) is 0. The smallest absolute Gasteiger partial charge is 0.550 e. The molecule has 6 aromatic rings. The number of aliphatic carboxylic acids is 2. The van der Waals surface area contributed by atoms with Crippen molar-refractivity contribution in [3.8, 4) is 0 Å².